The summed E-state index contributed by atoms with van der Waals surface area (Å²) in [7, 11) is 0. The molecule has 1 fully saturated rings. The molecule has 4 heteroatoms. The quantitative estimate of drug-likeness (QED) is 0.344. The summed E-state index contributed by atoms with van der Waals surface area (Å²) in [6.45, 7) is 6.75. The highest BCUT2D eigenvalue weighted by Crippen LogP contribution is 2.09. The summed E-state index contributed by atoms with van der Waals surface area (Å²) in [6, 6.07) is 0. The first-order chi connectivity index (χ1) is 6.22. The minimum atomic E-state index is -0.418. The third-order valence-corrected chi connectivity index (χ3v) is 1.60. The number of esters is 1. The molecule has 0 N–H and O–H groups in total. The molecule has 2 unspecified atom stereocenters. The minimum absolute atomic E-state index is 0.0897. The van der Waals surface area contributed by atoms with E-state index in [1.807, 2.05) is 6.92 Å². The van der Waals surface area contributed by atoms with Gasteiger partial charge in [-0.3, -0.25) is 0 Å². The number of epoxide rings is 1. The van der Waals surface area contributed by atoms with Crippen molar-refractivity contribution in [3.8, 4) is 0 Å². The van der Waals surface area contributed by atoms with E-state index in [0.29, 0.717) is 6.61 Å². The topological polar surface area (TPSA) is 48.1 Å². The molecule has 2 atom stereocenters. The first kappa shape index (κ1) is 10.2. The maximum Gasteiger partial charge on any atom is 0.330 e. The van der Waals surface area contributed by atoms with Crippen LogP contribution >= 0.6 is 0 Å². The molecule has 0 spiro atoms. The second-order valence-corrected chi connectivity index (χ2v) is 2.93. The zero-order valence-electron chi connectivity index (χ0n) is 7.69. The molecule has 0 aromatic heterocycles. The van der Waals surface area contributed by atoms with Crippen LogP contribution in [0.3, 0.4) is 0 Å². The maximum atomic E-state index is 10.6. The van der Waals surface area contributed by atoms with Gasteiger partial charge in [0.1, 0.15) is 12.7 Å². The standard InChI is InChI=1S/C9H14O4/c1-3-9(10)13-4-7(2)11-5-8-6-12-8/h3,7-8H,1,4-6H2,2H3. The summed E-state index contributed by atoms with van der Waals surface area (Å²) in [4.78, 5) is 10.6. The van der Waals surface area contributed by atoms with Gasteiger partial charge < -0.3 is 14.2 Å². The Labute approximate surface area is 77.5 Å². The van der Waals surface area contributed by atoms with Crippen molar-refractivity contribution in [3.05, 3.63) is 12.7 Å². The summed E-state index contributed by atoms with van der Waals surface area (Å²) in [6.07, 6.45) is 1.29. The average Bonchev–Trinajstić information content (AvgIpc) is 2.94. The van der Waals surface area contributed by atoms with Crippen LogP contribution in [0.15, 0.2) is 12.7 Å². The van der Waals surface area contributed by atoms with Gasteiger partial charge in [-0.2, -0.15) is 0 Å². The van der Waals surface area contributed by atoms with Gasteiger partial charge in [0.15, 0.2) is 0 Å². The molecule has 4 nitrogen and oxygen atoms in total. The molecule has 0 aromatic carbocycles. The number of carbonyl (C=O) groups excluding carboxylic acids is 1. The Hall–Kier alpha value is -0.870. The summed E-state index contributed by atoms with van der Waals surface area (Å²) in [5.74, 6) is -0.418. The van der Waals surface area contributed by atoms with Gasteiger partial charge in [0.25, 0.3) is 0 Å². The van der Waals surface area contributed by atoms with Crippen LogP contribution in [0.25, 0.3) is 0 Å². The van der Waals surface area contributed by atoms with Gasteiger partial charge >= 0.3 is 5.97 Å². The summed E-state index contributed by atoms with van der Waals surface area (Å²) < 4.78 is 15.1. The zero-order chi connectivity index (χ0) is 9.68. The Kier molecular flexibility index (Phi) is 3.92. The van der Waals surface area contributed by atoms with E-state index in [1.165, 1.54) is 0 Å². The number of ether oxygens (including phenoxy) is 3. The first-order valence-electron chi connectivity index (χ1n) is 4.24. The molecule has 1 aliphatic rings. The van der Waals surface area contributed by atoms with Crippen molar-refractivity contribution in [2.24, 2.45) is 0 Å². The summed E-state index contributed by atoms with van der Waals surface area (Å²) in [5.41, 5.74) is 0. The maximum absolute atomic E-state index is 10.6. The van der Waals surface area contributed by atoms with Gasteiger partial charge in [0, 0.05) is 6.08 Å². The number of rotatable bonds is 6. The zero-order valence-corrected chi connectivity index (χ0v) is 7.69. The highest BCUT2D eigenvalue weighted by Gasteiger charge is 2.23. The average molecular weight is 186 g/mol. The number of hydrogen-bond donors (Lipinski definition) is 0. The molecule has 0 radical (unpaired) electrons. The Bertz CT molecular complexity index is 186. The Balaban J connectivity index is 1.98. The Morgan fingerprint density at radius 2 is 2.54 bits per heavy atom. The van der Waals surface area contributed by atoms with E-state index < -0.39 is 5.97 Å². The normalized spacial score (nSPS) is 22.1. The van der Waals surface area contributed by atoms with E-state index in [9.17, 15) is 4.79 Å². The molecule has 0 aromatic rings. The lowest BCUT2D eigenvalue weighted by Gasteiger charge is -2.11. The van der Waals surface area contributed by atoms with E-state index in [-0.39, 0.29) is 18.8 Å². The highest BCUT2D eigenvalue weighted by molar-refractivity contribution is 5.81. The van der Waals surface area contributed by atoms with Crippen LogP contribution in [-0.2, 0) is 19.0 Å². The van der Waals surface area contributed by atoms with Crippen LogP contribution in [-0.4, -0.2) is 38.0 Å². The second-order valence-electron chi connectivity index (χ2n) is 2.93. The van der Waals surface area contributed by atoms with Crippen molar-refractivity contribution >= 4 is 5.97 Å². The van der Waals surface area contributed by atoms with Crippen LogP contribution in [0, 0.1) is 0 Å². The summed E-state index contributed by atoms with van der Waals surface area (Å²) >= 11 is 0. The molecule has 1 rings (SSSR count). The fourth-order valence-corrected chi connectivity index (χ4v) is 0.742. The van der Waals surface area contributed by atoms with Crippen LogP contribution in [0.4, 0.5) is 0 Å². The van der Waals surface area contributed by atoms with Gasteiger partial charge in [-0.1, -0.05) is 6.58 Å². The SMILES string of the molecule is C=CC(=O)OCC(C)OCC1CO1. The van der Waals surface area contributed by atoms with Crippen LogP contribution in [0.1, 0.15) is 6.92 Å². The number of carbonyl (C=O) groups is 1. The summed E-state index contributed by atoms with van der Waals surface area (Å²) in [5, 5.41) is 0. The molecule has 0 aliphatic carbocycles. The predicted molar refractivity (Wildman–Crippen MR) is 46.3 cm³/mol. The molecule has 1 aliphatic heterocycles. The van der Waals surface area contributed by atoms with E-state index >= 15 is 0 Å². The van der Waals surface area contributed by atoms with E-state index in [4.69, 9.17) is 14.2 Å². The van der Waals surface area contributed by atoms with E-state index in [0.717, 1.165) is 12.7 Å². The Morgan fingerprint density at radius 1 is 1.85 bits per heavy atom. The van der Waals surface area contributed by atoms with Gasteiger partial charge in [0.2, 0.25) is 0 Å². The van der Waals surface area contributed by atoms with Gasteiger partial charge in [-0.05, 0) is 6.92 Å². The molecular formula is C9H14O4. The molecule has 0 bridgehead atoms. The van der Waals surface area contributed by atoms with Crippen molar-refractivity contribution in [1.29, 1.82) is 0 Å². The van der Waals surface area contributed by atoms with Crippen LogP contribution in [0.5, 0.6) is 0 Å². The number of hydrogen-bond acceptors (Lipinski definition) is 4. The van der Waals surface area contributed by atoms with Crippen LogP contribution in [0.2, 0.25) is 0 Å². The predicted octanol–water partition coefficient (Wildman–Crippen LogP) is 0.519. The minimum Gasteiger partial charge on any atom is -0.460 e. The van der Waals surface area contributed by atoms with E-state index in [2.05, 4.69) is 6.58 Å². The molecule has 74 valence electrons. The second kappa shape index (κ2) is 4.99. The van der Waals surface area contributed by atoms with Crippen molar-refractivity contribution in [2.75, 3.05) is 19.8 Å². The molecular weight excluding hydrogens is 172 g/mol. The van der Waals surface area contributed by atoms with E-state index in [1.54, 1.807) is 0 Å². The largest absolute Gasteiger partial charge is 0.460 e. The van der Waals surface area contributed by atoms with Gasteiger partial charge in [-0.15, -0.1) is 0 Å². The van der Waals surface area contributed by atoms with Gasteiger partial charge in [0.05, 0.1) is 19.3 Å². The molecule has 1 saturated heterocycles. The Morgan fingerprint density at radius 3 is 3.08 bits per heavy atom. The highest BCUT2D eigenvalue weighted by atomic mass is 16.6. The monoisotopic (exact) mass is 186 g/mol. The van der Waals surface area contributed by atoms with Crippen molar-refractivity contribution in [3.63, 3.8) is 0 Å². The third-order valence-electron chi connectivity index (χ3n) is 1.60. The molecule has 13 heavy (non-hydrogen) atoms. The lowest BCUT2D eigenvalue weighted by atomic mass is 10.4. The smallest absolute Gasteiger partial charge is 0.330 e. The fourth-order valence-electron chi connectivity index (χ4n) is 0.742. The van der Waals surface area contributed by atoms with Crippen molar-refractivity contribution in [1.82, 2.24) is 0 Å². The third kappa shape index (κ3) is 4.65. The first-order valence-corrected chi connectivity index (χ1v) is 4.24. The van der Waals surface area contributed by atoms with Crippen molar-refractivity contribution in [2.45, 2.75) is 19.1 Å². The van der Waals surface area contributed by atoms with Gasteiger partial charge in [-0.25, -0.2) is 4.79 Å². The van der Waals surface area contributed by atoms with Crippen LogP contribution < -0.4 is 0 Å². The lowest BCUT2D eigenvalue weighted by molar-refractivity contribution is -0.141. The molecule has 0 amide bonds. The molecule has 1 heterocycles. The lowest BCUT2D eigenvalue weighted by Crippen LogP contribution is -2.20. The van der Waals surface area contributed by atoms with Crippen molar-refractivity contribution < 1.29 is 19.0 Å². The molecule has 0 saturated carbocycles. The fraction of sp³-hybridized carbons (Fsp3) is 0.667.